The van der Waals surface area contributed by atoms with Crippen molar-refractivity contribution in [1.29, 1.82) is 0 Å². The number of anilines is 2. The lowest BCUT2D eigenvalue weighted by Crippen LogP contribution is -2.04. The molecule has 8 heteroatoms. The molecule has 0 amide bonds. The number of rotatable bonds is 3. The zero-order chi connectivity index (χ0) is 12.9. The van der Waals surface area contributed by atoms with Gasteiger partial charge in [0.2, 0.25) is 5.95 Å². The molecule has 2 atom stereocenters. The van der Waals surface area contributed by atoms with E-state index >= 15 is 0 Å². The molecule has 1 fully saturated rings. The summed E-state index contributed by atoms with van der Waals surface area (Å²) >= 11 is 0. The first-order chi connectivity index (χ1) is 8.67. The molecular formula is C10H14N6O2. The van der Waals surface area contributed by atoms with Crippen molar-refractivity contribution in [3.63, 3.8) is 0 Å². The summed E-state index contributed by atoms with van der Waals surface area (Å²) in [5.41, 5.74) is 12.3. The van der Waals surface area contributed by atoms with Gasteiger partial charge in [-0.25, -0.2) is 4.98 Å². The van der Waals surface area contributed by atoms with Crippen LogP contribution in [0.15, 0.2) is 6.33 Å². The fraction of sp³-hybridized carbons (Fsp3) is 0.500. The molecule has 0 saturated heterocycles. The molecule has 8 nitrogen and oxygen atoms in total. The number of aromatic nitrogens is 4. The van der Waals surface area contributed by atoms with Crippen molar-refractivity contribution in [2.45, 2.75) is 6.04 Å². The molecule has 96 valence electrons. The Balaban J connectivity index is 2.09. The summed E-state index contributed by atoms with van der Waals surface area (Å²) in [4.78, 5) is 12.1. The number of hydrogen-bond acceptors (Lipinski definition) is 7. The molecular weight excluding hydrogens is 236 g/mol. The van der Waals surface area contributed by atoms with Crippen molar-refractivity contribution in [1.82, 2.24) is 19.5 Å². The maximum absolute atomic E-state index is 9.23. The van der Waals surface area contributed by atoms with Crippen LogP contribution in [0.3, 0.4) is 0 Å². The molecule has 2 aromatic rings. The van der Waals surface area contributed by atoms with E-state index < -0.39 is 0 Å². The van der Waals surface area contributed by atoms with Crippen LogP contribution >= 0.6 is 0 Å². The highest BCUT2D eigenvalue weighted by atomic mass is 16.3. The number of nitrogens with two attached hydrogens (primary N) is 2. The van der Waals surface area contributed by atoms with Gasteiger partial charge in [0.25, 0.3) is 0 Å². The van der Waals surface area contributed by atoms with E-state index in [2.05, 4.69) is 15.0 Å². The van der Waals surface area contributed by atoms with Crippen molar-refractivity contribution in [3.8, 4) is 0 Å². The predicted molar refractivity (Wildman–Crippen MR) is 64.3 cm³/mol. The highest BCUT2D eigenvalue weighted by Gasteiger charge is 2.51. The second-order valence-corrected chi connectivity index (χ2v) is 4.47. The molecule has 18 heavy (non-hydrogen) atoms. The van der Waals surface area contributed by atoms with E-state index in [0.29, 0.717) is 11.2 Å². The Morgan fingerprint density at radius 3 is 2.44 bits per heavy atom. The van der Waals surface area contributed by atoms with Crippen LogP contribution in [0.4, 0.5) is 11.8 Å². The fourth-order valence-corrected chi connectivity index (χ4v) is 2.50. The topological polar surface area (TPSA) is 136 Å². The monoisotopic (exact) mass is 250 g/mol. The van der Waals surface area contributed by atoms with E-state index in [1.54, 1.807) is 10.9 Å². The smallest absolute Gasteiger partial charge is 0.224 e. The Bertz CT molecular complexity index is 587. The van der Waals surface area contributed by atoms with Gasteiger partial charge in [0.1, 0.15) is 5.52 Å². The molecule has 0 spiro atoms. The third-order valence-electron chi connectivity index (χ3n) is 3.49. The lowest BCUT2D eigenvalue weighted by molar-refractivity contribution is 0.232. The van der Waals surface area contributed by atoms with Gasteiger partial charge < -0.3 is 26.2 Å². The molecule has 6 N–H and O–H groups in total. The summed E-state index contributed by atoms with van der Waals surface area (Å²) < 4.78 is 1.80. The minimum atomic E-state index is -0.0151. The minimum absolute atomic E-state index is 0.0151. The molecule has 3 rings (SSSR count). The Labute approximate surface area is 102 Å². The van der Waals surface area contributed by atoms with Gasteiger partial charge in [-0.15, -0.1) is 0 Å². The predicted octanol–water partition coefficient (Wildman–Crippen LogP) is -1.24. The van der Waals surface area contributed by atoms with Crippen LogP contribution in [0.25, 0.3) is 11.2 Å². The van der Waals surface area contributed by atoms with E-state index in [9.17, 15) is 10.2 Å². The van der Waals surface area contributed by atoms with E-state index in [-0.39, 0.29) is 42.9 Å². The first kappa shape index (κ1) is 11.2. The molecule has 2 aromatic heterocycles. The van der Waals surface area contributed by atoms with E-state index in [4.69, 9.17) is 11.5 Å². The normalized spacial score (nSPS) is 26.7. The SMILES string of the molecule is Nc1nc(N)c2ncn(C3C(CO)C3CO)c2n1. The van der Waals surface area contributed by atoms with Crippen molar-refractivity contribution >= 4 is 22.9 Å². The number of imidazole rings is 1. The molecule has 2 heterocycles. The Kier molecular flexibility index (Phi) is 2.35. The number of nitrogens with zero attached hydrogens (tertiary/aromatic N) is 4. The molecule has 1 aliphatic carbocycles. The van der Waals surface area contributed by atoms with Gasteiger partial charge in [-0.1, -0.05) is 0 Å². The minimum Gasteiger partial charge on any atom is -0.396 e. The summed E-state index contributed by atoms with van der Waals surface area (Å²) in [7, 11) is 0. The van der Waals surface area contributed by atoms with Crippen molar-refractivity contribution in [2.75, 3.05) is 24.7 Å². The highest BCUT2D eigenvalue weighted by molar-refractivity contribution is 5.82. The Morgan fingerprint density at radius 2 is 1.83 bits per heavy atom. The second kappa shape index (κ2) is 3.79. The van der Waals surface area contributed by atoms with E-state index in [1.807, 2.05) is 0 Å². The van der Waals surface area contributed by atoms with Gasteiger partial charge in [-0.05, 0) is 0 Å². The van der Waals surface area contributed by atoms with Crippen LogP contribution in [0.5, 0.6) is 0 Å². The Hall–Kier alpha value is -1.93. The van der Waals surface area contributed by atoms with Crippen molar-refractivity contribution < 1.29 is 10.2 Å². The van der Waals surface area contributed by atoms with Crippen molar-refractivity contribution in [3.05, 3.63) is 6.33 Å². The van der Waals surface area contributed by atoms with Crippen LogP contribution in [-0.2, 0) is 0 Å². The number of nitrogen functional groups attached to an aromatic ring is 2. The molecule has 0 bridgehead atoms. The average Bonchev–Trinajstić information content (AvgIpc) is 2.90. The maximum atomic E-state index is 9.23. The van der Waals surface area contributed by atoms with Gasteiger partial charge >= 0.3 is 0 Å². The molecule has 1 saturated carbocycles. The summed E-state index contributed by atoms with van der Waals surface area (Å²) in [6, 6.07) is -0.0151. The largest absolute Gasteiger partial charge is 0.396 e. The summed E-state index contributed by atoms with van der Waals surface area (Å²) in [6.45, 7) is 0.0389. The van der Waals surface area contributed by atoms with Crippen LogP contribution < -0.4 is 11.5 Å². The fourth-order valence-electron chi connectivity index (χ4n) is 2.50. The van der Waals surface area contributed by atoms with Gasteiger partial charge in [-0.3, -0.25) is 0 Å². The standard InChI is InChI=1S/C10H14N6O2/c11-8-6-9(15-10(12)14-8)16(3-13-6)7-4(1-17)5(7)2-18/h3-5,7,17-18H,1-2H2,(H4,11,12,14,15). The molecule has 1 aliphatic rings. The number of hydrogen-bond donors (Lipinski definition) is 4. The Morgan fingerprint density at radius 1 is 1.17 bits per heavy atom. The summed E-state index contributed by atoms with van der Waals surface area (Å²) in [5, 5.41) is 18.5. The van der Waals surface area contributed by atoms with Gasteiger partial charge in [0, 0.05) is 31.1 Å². The second-order valence-electron chi connectivity index (χ2n) is 4.47. The third-order valence-corrected chi connectivity index (χ3v) is 3.49. The molecule has 2 unspecified atom stereocenters. The lowest BCUT2D eigenvalue weighted by atomic mass is 10.3. The van der Waals surface area contributed by atoms with Gasteiger partial charge in [-0.2, -0.15) is 9.97 Å². The van der Waals surface area contributed by atoms with Gasteiger partial charge in [0.05, 0.1) is 6.33 Å². The molecule has 0 radical (unpaired) electrons. The summed E-state index contributed by atoms with van der Waals surface area (Å²) in [5.74, 6) is 0.358. The van der Waals surface area contributed by atoms with Gasteiger partial charge in [0.15, 0.2) is 11.5 Å². The zero-order valence-electron chi connectivity index (χ0n) is 9.56. The lowest BCUT2D eigenvalue weighted by Gasteiger charge is -2.03. The quantitative estimate of drug-likeness (QED) is 0.535. The van der Waals surface area contributed by atoms with Crippen LogP contribution in [0.1, 0.15) is 6.04 Å². The van der Waals surface area contributed by atoms with E-state index in [1.165, 1.54) is 0 Å². The average molecular weight is 250 g/mol. The summed E-state index contributed by atoms with van der Waals surface area (Å²) in [6.07, 6.45) is 1.60. The zero-order valence-corrected chi connectivity index (χ0v) is 9.56. The molecule has 0 aliphatic heterocycles. The van der Waals surface area contributed by atoms with E-state index in [0.717, 1.165) is 0 Å². The maximum Gasteiger partial charge on any atom is 0.224 e. The first-order valence-corrected chi connectivity index (χ1v) is 5.64. The first-order valence-electron chi connectivity index (χ1n) is 5.64. The van der Waals surface area contributed by atoms with Crippen molar-refractivity contribution in [2.24, 2.45) is 11.8 Å². The molecule has 0 aromatic carbocycles. The third kappa shape index (κ3) is 1.42. The number of aliphatic hydroxyl groups is 2. The van der Waals surface area contributed by atoms with Crippen LogP contribution in [0.2, 0.25) is 0 Å². The number of aliphatic hydroxyl groups excluding tert-OH is 2. The highest BCUT2D eigenvalue weighted by Crippen LogP contribution is 2.50. The number of fused-ring (bicyclic) bond motifs is 1. The van der Waals surface area contributed by atoms with Crippen LogP contribution in [0, 0.1) is 11.8 Å². The van der Waals surface area contributed by atoms with Crippen LogP contribution in [-0.4, -0.2) is 42.9 Å².